The maximum absolute atomic E-state index is 13.5. The summed E-state index contributed by atoms with van der Waals surface area (Å²) in [6.07, 6.45) is -3.48. The van der Waals surface area contributed by atoms with Crippen molar-refractivity contribution in [3.8, 4) is 16.9 Å². The highest BCUT2D eigenvalue weighted by molar-refractivity contribution is 5.96. The molecule has 0 aliphatic carbocycles. The van der Waals surface area contributed by atoms with E-state index >= 15 is 0 Å². The van der Waals surface area contributed by atoms with E-state index in [9.17, 15) is 27.5 Å². The molecule has 0 radical (unpaired) electrons. The summed E-state index contributed by atoms with van der Waals surface area (Å²) in [4.78, 5) is 12.1. The number of hydrogen-bond acceptors (Lipinski definition) is 2. The van der Waals surface area contributed by atoms with Crippen LogP contribution in [0.5, 0.6) is 5.75 Å². The molecule has 0 amide bonds. The van der Waals surface area contributed by atoms with Crippen LogP contribution in [0.3, 0.4) is 0 Å². The van der Waals surface area contributed by atoms with Crippen LogP contribution in [-0.2, 0) is 13.2 Å². The van der Waals surface area contributed by atoms with Crippen LogP contribution in [0.2, 0.25) is 0 Å². The molecule has 0 fully saturated rings. The number of alkyl halides is 3. The predicted octanol–water partition coefficient (Wildman–Crippen LogP) is 4.07. The number of pyridine rings is 1. The first-order chi connectivity index (χ1) is 11.2. The Morgan fingerprint density at radius 3 is 2.42 bits per heavy atom. The fourth-order valence-electron chi connectivity index (χ4n) is 2.59. The van der Waals surface area contributed by atoms with Crippen LogP contribution in [0, 0.1) is 5.82 Å². The number of phenols is 1. The van der Waals surface area contributed by atoms with Crippen LogP contribution in [0.1, 0.15) is 5.56 Å². The number of phenolic OH excluding ortho intramolecular Hbond substituents is 1. The molecule has 0 spiro atoms. The number of nitrogens with zero attached hydrogens (tertiary/aromatic N) is 1. The standard InChI is InChI=1S/C17H11F4NO2/c1-22-8-13(12-7-10(23)3-4-11(12)16(22)24)9-2-5-15(18)14(6-9)17(19,20)21/h2-8,23H,1H3. The number of rotatable bonds is 1. The van der Waals surface area contributed by atoms with Crippen molar-refractivity contribution in [2.24, 2.45) is 7.05 Å². The van der Waals surface area contributed by atoms with E-state index in [2.05, 4.69) is 0 Å². The number of benzene rings is 2. The summed E-state index contributed by atoms with van der Waals surface area (Å²) in [5.41, 5.74) is -1.36. The van der Waals surface area contributed by atoms with Crippen LogP contribution >= 0.6 is 0 Å². The lowest BCUT2D eigenvalue weighted by atomic mass is 9.98. The highest BCUT2D eigenvalue weighted by atomic mass is 19.4. The molecule has 0 unspecified atom stereocenters. The van der Waals surface area contributed by atoms with Crippen molar-refractivity contribution in [3.63, 3.8) is 0 Å². The molecule has 0 aliphatic heterocycles. The van der Waals surface area contributed by atoms with Crippen molar-refractivity contribution in [1.82, 2.24) is 4.57 Å². The Morgan fingerprint density at radius 1 is 1.04 bits per heavy atom. The minimum Gasteiger partial charge on any atom is -0.508 e. The van der Waals surface area contributed by atoms with Crippen molar-refractivity contribution >= 4 is 10.8 Å². The Hall–Kier alpha value is -2.83. The quantitative estimate of drug-likeness (QED) is 0.680. The molecular formula is C17H11F4NO2. The topological polar surface area (TPSA) is 42.2 Å². The summed E-state index contributed by atoms with van der Waals surface area (Å²) in [7, 11) is 1.46. The molecule has 7 heteroatoms. The number of aromatic nitrogens is 1. The number of aromatic hydroxyl groups is 1. The normalized spacial score (nSPS) is 11.9. The van der Waals surface area contributed by atoms with Gasteiger partial charge in [-0.3, -0.25) is 4.79 Å². The largest absolute Gasteiger partial charge is 0.508 e. The van der Waals surface area contributed by atoms with Gasteiger partial charge in [0.05, 0.1) is 5.56 Å². The molecule has 0 saturated carbocycles. The summed E-state index contributed by atoms with van der Waals surface area (Å²) in [6.45, 7) is 0. The van der Waals surface area contributed by atoms with Gasteiger partial charge in [-0.05, 0) is 35.9 Å². The number of aryl methyl sites for hydroxylation is 1. The van der Waals surface area contributed by atoms with E-state index in [4.69, 9.17) is 0 Å². The van der Waals surface area contributed by atoms with E-state index in [-0.39, 0.29) is 33.2 Å². The third kappa shape index (κ3) is 2.62. The summed E-state index contributed by atoms with van der Waals surface area (Å²) in [5.74, 6) is -1.50. The smallest absolute Gasteiger partial charge is 0.419 e. The molecule has 3 nitrogen and oxygen atoms in total. The van der Waals surface area contributed by atoms with Gasteiger partial charge in [-0.2, -0.15) is 13.2 Å². The lowest BCUT2D eigenvalue weighted by Gasteiger charge is -2.13. The summed E-state index contributed by atoms with van der Waals surface area (Å²) in [5, 5.41) is 10.2. The van der Waals surface area contributed by atoms with Gasteiger partial charge in [0, 0.05) is 29.6 Å². The van der Waals surface area contributed by atoms with Gasteiger partial charge in [0.1, 0.15) is 11.6 Å². The van der Waals surface area contributed by atoms with E-state index in [1.54, 1.807) is 0 Å². The van der Waals surface area contributed by atoms with Crippen molar-refractivity contribution in [3.05, 3.63) is 64.3 Å². The first kappa shape index (κ1) is 16.0. The maximum atomic E-state index is 13.5. The number of halogens is 4. The van der Waals surface area contributed by atoms with Crippen molar-refractivity contribution in [1.29, 1.82) is 0 Å². The van der Waals surface area contributed by atoms with Gasteiger partial charge >= 0.3 is 6.18 Å². The van der Waals surface area contributed by atoms with Crippen LogP contribution in [0.15, 0.2) is 47.4 Å². The lowest BCUT2D eigenvalue weighted by Crippen LogP contribution is -2.16. The third-order valence-electron chi connectivity index (χ3n) is 3.75. The van der Waals surface area contributed by atoms with Gasteiger partial charge < -0.3 is 9.67 Å². The van der Waals surface area contributed by atoms with Crippen LogP contribution in [-0.4, -0.2) is 9.67 Å². The zero-order valence-corrected chi connectivity index (χ0v) is 12.4. The Labute approximate surface area is 133 Å². The van der Waals surface area contributed by atoms with Crippen LogP contribution in [0.4, 0.5) is 17.6 Å². The van der Waals surface area contributed by atoms with E-state index in [1.165, 1.54) is 42.1 Å². The van der Waals surface area contributed by atoms with Gasteiger partial charge in [-0.15, -0.1) is 0 Å². The number of fused-ring (bicyclic) bond motifs is 1. The second-order valence-electron chi connectivity index (χ2n) is 5.38. The van der Waals surface area contributed by atoms with Gasteiger partial charge in [-0.1, -0.05) is 6.07 Å². The average molecular weight is 337 g/mol. The SMILES string of the molecule is Cn1cc(-c2ccc(F)c(C(F)(F)F)c2)c2cc(O)ccc2c1=O. The first-order valence-corrected chi connectivity index (χ1v) is 6.88. The lowest BCUT2D eigenvalue weighted by molar-refractivity contribution is -0.139. The highest BCUT2D eigenvalue weighted by Gasteiger charge is 2.34. The molecule has 3 rings (SSSR count). The minimum atomic E-state index is -4.83. The molecule has 0 saturated heterocycles. The molecule has 3 aromatic rings. The Morgan fingerprint density at radius 2 is 1.75 bits per heavy atom. The van der Waals surface area contributed by atoms with Crippen molar-refractivity contribution < 1.29 is 22.7 Å². The molecule has 1 N–H and O–H groups in total. The molecular weight excluding hydrogens is 326 g/mol. The molecule has 1 heterocycles. The molecule has 0 atom stereocenters. The summed E-state index contributed by atoms with van der Waals surface area (Å²) >= 11 is 0. The van der Waals surface area contributed by atoms with Gasteiger partial charge in [0.15, 0.2) is 0 Å². The molecule has 0 bridgehead atoms. The summed E-state index contributed by atoms with van der Waals surface area (Å²) in [6, 6.07) is 6.64. The highest BCUT2D eigenvalue weighted by Crippen LogP contribution is 2.36. The van der Waals surface area contributed by atoms with E-state index in [0.717, 1.165) is 6.07 Å². The Kier molecular flexibility index (Phi) is 3.59. The maximum Gasteiger partial charge on any atom is 0.419 e. The van der Waals surface area contributed by atoms with E-state index in [1.807, 2.05) is 0 Å². The fraction of sp³-hybridized carbons (Fsp3) is 0.118. The van der Waals surface area contributed by atoms with E-state index in [0.29, 0.717) is 6.07 Å². The third-order valence-corrected chi connectivity index (χ3v) is 3.75. The molecule has 1 aromatic heterocycles. The predicted molar refractivity (Wildman–Crippen MR) is 81.2 cm³/mol. The van der Waals surface area contributed by atoms with Crippen LogP contribution in [0.25, 0.3) is 21.9 Å². The Bertz CT molecular complexity index is 1010. The summed E-state index contributed by atoms with van der Waals surface area (Å²) < 4.78 is 53.5. The number of hydrogen-bond donors (Lipinski definition) is 1. The fourth-order valence-corrected chi connectivity index (χ4v) is 2.59. The zero-order valence-electron chi connectivity index (χ0n) is 12.4. The van der Waals surface area contributed by atoms with Gasteiger partial charge in [0.25, 0.3) is 5.56 Å². The van der Waals surface area contributed by atoms with Crippen molar-refractivity contribution in [2.75, 3.05) is 0 Å². The Balaban J connectivity index is 2.37. The second kappa shape index (κ2) is 5.36. The second-order valence-corrected chi connectivity index (χ2v) is 5.38. The van der Waals surface area contributed by atoms with Gasteiger partial charge in [-0.25, -0.2) is 4.39 Å². The molecule has 2 aromatic carbocycles. The molecule has 24 heavy (non-hydrogen) atoms. The van der Waals surface area contributed by atoms with Gasteiger partial charge in [0.2, 0.25) is 0 Å². The molecule has 0 aliphatic rings. The zero-order chi connectivity index (χ0) is 17.6. The van der Waals surface area contributed by atoms with Crippen molar-refractivity contribution in [2.45, 2.75) is 6.18 Å². The monoisotopic (exact) mass is 337 g/mol. The minimum absolute atomic E-state index is 0.0925. The van der Waals surface area contributed by atoms with E-state index < -0.39 is 17.6 Å². The molecule has 124 valence electrons. The van der Waals surface area contributed by atoms with Crippen LogP contribution < -0.4 is 5.56 Å². The average Bonchev–Trinajstić information content (AvgIpc) is 2.50. The first-order valence-electron chi connectivity index (χ1n) is 6.88.